The first kappa shape index (κ1) is 12.9. The second kappa shape index (κ2) is 5.42. The van der Waals surface area contributed by atoms with Crippen molar-refractivity contribution in [3.8, 4) is 5.75 Å². The van der Waals surface area contributed by atoms with Gasteiger partial charge in [0.15, 0.2) is 5.75 Å². The highest BCUT2D eigenvalue weighted by atomic mass is 35.5. The molecule has 1 atom stereocenters. The Bertz CT molecular complexity index is 517. The molecule has 2 N–H and O–H groups in total. The van der Waals surface area contributed by atoms with Crippen LogP contribution >= 0.6 is 11.6 Å². The van der Waals surface area contributed by atoms with E-state index >= 15 is 0 Å². The van der Waals surface area contributed by atoms with Crippen LogP contribution in [0.3, 0.4) is 0 Å². The van der Waals surface area contributed by atoms with E-state index in [1.54, 1.807) is 13.3 Å². The van der Waals surface area contributed by atoms with Gasteiger partial charge in [-0.2, -0.15) is 5.10 Å². The number of halogens is 1. The Morgan fingerprint density at radius 2 is 2.28 bits per heavy atom. The van der Waals surface area contributed by atoms with Crippen LogP contribution in [0, 0.1) is 0 Å². The minimum Gasteiger partial charge on any atom is -0.493 e. The Balaban J connectivity index is 2.44. The monoisotopic (exact) mass is 265 g/mol. The molecule has 0 spiro atoms. The van der Waals surface area contributed by atoms with Gasteiger partial charge in [-0.3, -0.25) is 4.68 Å². The summed E-state index contributed by atoms with van der Waals surface area (Å²) >= 11 is 5.99. The van der Waals surface area contributed by atoms with Crippen molar-refractivity contribution in [2.75, 3.05) is 7.11 Å². The summed E-state index contributed by atoms with van der Waals surface area (Å²) in [5.74, 6) is 0.698. The molecule has 1 aromatic heterocycles. The lowest BCUT2D eigenvalue weighted by atomic mass is 10.0. The van der Waals surface area contributed by atoms with Gasteiger partial charge in [-0.05, 0) is 24.6 Å². The van der Waals surface area contributed by atoms with Crippen LogP contribution in [-0.2, 0) is 6.54 Å². The molecule has 1 unspecified atom stereocenters. The van der Waals surface area contributed by atoms with E-state index in [-0.39, 0.29) is 6.04 Å². The van der Waals surface area contributed by atoms with Crippen LogP contribution in [0.1, 0.15) is 24.2 Å². The van der Waals surface area contributed by atoms with Gasteiger partial charge in [0.2, 0.25) is 0 Å². The Kier molecular flexibility index (Phi) is 3.89. The van der Waals surface area contributed by atoms with Crippen molar-refractivity contribution in [1.29, 1.82) is 0 Å². The van der Waals surface area contributed by atoms with Crippen molar-refractivity contribution in [2.24, 2.45) is 5.73 Å². The van der Waals surface area contributed by atoms with Crippen molar-refractivity contribution in [2.45, 2.75) is 19.5 Å². The number of methoxy groups -OCH3 is 1. The SMILES string of the molecule is CCn1ncc(OC)c1C(N)c1cccc(Cl)c1. The Morgan fingerprint density at radius 3 is 2.89 bits per heavy atom. The first-order valence-electron chi connectivity index (χ1n) is 5.78. The molecule has 0 aliphatic rings. The zero-order valence-corrected chi connectivity index (χ0v) is 11.2. The summed E-state index contributed by atoms with van der Waals surface area (Å²) in [6.07, 6.45) is 1.68. The fourth-order valence-corrected chi connectivity index (χ4v) is 2.16. The first-order chi connectivity index (χ1) is 8.67. The lowest BCUT2D eigenvalue weighted by Crippen LogP contribution is -2.18. The van der Waals surface area contributed by atoms with Crippen molar-refractivity contribution >= 4 is 11.6 Å². The average molecular weight is 266 g/mol. The molecule has 96 valence electrons. The van der Waals surface area contributed by atoms with Crippen LogP contribution in [0.5, 0.6) is 5.75 Å². The maximum Gasteiger partial charge on any atom is 0.161 e. The van der Waals surface area contributed by atoms with E-state index in [1.807, 2.05) is 35.9 Å². The number of ether oxygens (including phenoxy) is 1. The van der Waals surface area contributed by atoms with Crippen LogP contribution in [0.2, 0.25) is 5.02 Å². The summed E-state index contributed by atoms with van der Waals surface area (Å²) in [6, 6.07) is 7.21. The summed E-state index contributed by atoms with van der Waals surface area (Å²) in [5.41, 5.74) is 8.09. The van der Waals surface area contributed by atoms with Gasteiger partial charge in [0, 0.05) is 11.6 Å². The molecular weight excluding hydrogens is 250 g/mol. The fraction of sp³-hybridized carbons (Fsp3) is 0.308. The molecule has 4 nitrogen and oxygen atoms in total. The number of nitrogens with two attached hydrogens (primary N) is 1. The predicted molar refractivity (Wildman–Crippen MR) is 71.9 cm³/mol. The highest BCUT2D eigenvalue weighted by Crippen LogP contribution is 2.29. The average Bonchev–Trinajstić information content (AvgIpc) is 2.80. The molecular formula is C13H16ClN3O. The molecule has 0 amide bonds. The number of hydrogen-bond acceptors (Lipinski definition) is 3. The molecule has 0 saturated heterocycles. The maximum atomic E-state index is 6.28. The Labute approximate surface area is 111 Å². The summed E-state index contributed by atoms with van der Waals surface area (Å²) in [4.78, 5) is 0. The molecule has 18 heavy (non-hydrogen) atoms. The Morgan fingerprint density at radius 1 is 1.50 bits per heavy atom. The van der Waals surface area contributed by atoms with Gasteiger partial charge in [0.25, 0.3) is 0 Å². The third-order valence-corrected chi connectivity index (χ3v) is 3.10. The van der Waals surface area contributed by atoms with Gasteiger partial charge in [-0.15, -0.1) is 0 Å². The summed E-state index contributed by atoms with van der Waals surface area (Å²) < 4.78 is 7.14. The summed E-state index contributed by atoms with van der Waals surface area (Å²) in [5, 5.41) is 4.92. The molecule has 1 heterocycles. The zero-order chi connectivity index (χ0) is 13.1. The van der Waals surface area contributed by atoms with Crippen molar-refractivity contribution in [3.05, 3.63) is 46.7 Å². The first-order valence-corrected chi connectivity index (χ1v) is 6.16. The van der Waals surface area contributed by atoms with Gasteiger partial charge in [-0.1, -0.05) is 23.7 Å². The van der Waals surface area contributed by atoms with E-state index in [0.717, 1.165) is 17.8 Å². The second-order valence-electron chi connectivity index (χ2n) is 3.95. The topological polar surface area (TPSA) is 53.1 Å². The van der Waals surface area contributed by atoms with E-state index in [1.165, 1.54) is 0 Å². The van der Waals surface area contributed by atoms with Crippen LogP contribution in [0.4, 0.5) is 0 Å². The van der Waals surface area contributed by atoms with E-state index in [9.17, 15) is 0 Å². The fourth-order valence-electron chi connectivity index (χ4n) is 1.96. The van der Waals surface area contributed by atoms with Gasteiger partial charge >= 0.3 is 0 Å². The van der Waals surface area contributed by atoms with Crippen LogP contribution < -0.4 is 10.5 Å². The molecule has 2 aromatic rings. The predicted octanol–water partition coefficient (Wildman–Crippen LogP) is 2.61. The number of aryl methyl sites for hydroxylation is 1. The van der Waals surface area contributed by atoms with E-state index < -0.39 is 0 Å². The number of nitrogens with zero attached hydrogens (tertiary/aromatic N) is 2. The van der Waals surface area contributed by atoms with Crippen LogP contribution in [0.15, 0.2) is 30.5 Å². The van der Waals surface area contributed by atoms with Crippen molar-refractivity contribution in [3.63, 3.8) is 0 Å². The molecule has 0 saturated carbocycles. The van der Waals surface area contributed by atoms with E-state index in [4.69, 9.17) is 22.1 Å². The normalized spacial score (nSPS) is 12.4. The van der Waals surface area contributed by atoms with Crippen molar-refractivity contribution in [1.82, 2.24) is 9.78 Å². The zero-order valence-electron chi connectivity index (χ0n) is 10.4. The van der Waals surface area contributed by atoms with Crippen LogP contribution in [-0.4, -0.2) is 16.9 Å². The quantitative estimate of drug-likeness (QED) is 0.925. The third kappa shape index (κ3) is 2.35. The lowest BCUT2D eigenvalue weighted by Gasteiger charge is -2.15. The number of hydrogen-bond donors (Lipinski definition) is 1. The maximum absolute atomic E-state index is 6.28. The third-order valence-electron chi connectivity index (χ3n) is 2.87. The minimum atomic E-state index is -0.305. The lowest BCUT2D eigenvalue weighted by molar-refractivity contribution is 0.404. The molecule has 1 aromatic carbocycles. The number of benzene rings is 1. The van der Waals surface area contributed by atoms with Gasteiger partial charge in [0.1, 0.15) is 5.69 Å². The van der Waals surface area contributed by atoms with Crippen LogP contribution in [0.25, 0.3) is 0 Å². The molecule has 2 rings (SSSR count). The number of rotatable bonds is 4. The van der Waals surface area contributed by atoms with Gasteiger partial charge < -0.3 is 10.5 Å². The van der Waals surface area contributed by atoms with Gasteiger partial charge in [0.05, 0.1) is 19.3 Å². The standard InChI is InChI=1S/C13H16ClN3O/c1-3-17-13(11(18-2)8-16-17)12(15)9-5-4-6-10(14)7-9/h4-8,12H,3,15H2,1-2H3. The Hall–Kier alpha value is -1.52. The van der Waals surface area contributed by atoms with E-state index in [2.05, 4.69) is 5.10 Å². The molecule has 0 fully saturated rings. The summed E-state index contributed by atoms with van der Waals surface area (Å²) in [6.45, 7) is 2.76. The molecule has 0 radical (unpaired) electrons. The summed E-state index contributed by atoms with van der Waals surface area (Å²) in [7, 11) is 1.62. The molecule has 0 aliphatic heterocycles. The van der Waals surface area contributed by atoms with E-state index in [0.29, 0.717) is 10.8 Å². The smallest absolute Gasteiger partial charge is 0.161 e. The highest BCUT2D eigenvalue weighted by Gasteiger charge is 2.19. The largest absolute Gasteiger partial charge is 0.493 e. The number of aromatic nitrogens is 2. The minimum absolute atomic E-state index is 0.305. The molecule has 5 heteroatoms. The highest BCUT2D eigenvalue weighted by molar-refractivity contribution is 6.30. The van der Waals surface area contributed by atoms with Crippen molar-refractivity contribution < 1.29 is 4.74 Å². The second-order valence-corrected chi connectivity index (χ2v) is 4.38. The molecule has 0 bridgehead atoms. The van der Waals surface area contributed by atoms with Gasteiger partial charge in [-0.25, -0.2) is 0 Å². The molecule has 0 aliphatic carbocycles.